The molecule has 3 nitrogen and oxygen atoms in total. The van der Waals surface area contributed by atoms with Crippen molar-refractivity contribution < 1.29 is 9.50 Å². The molecule has 13 heavy (non-hydrogen) atoms. The van der Waals surface area contributed by atoms with Gasteiger partial charge in [0.25, 0.3) is 0 Å². The molecule has 0 bridgehead atoms. The number of nitrogens with zero attached hydrogens (tertiary/aromatic N) is 1. The smallest absolute Gasteiger partial charge is 0.141 e. The highest BCUT2D eigenvalue weighted by molar-refractivity contribution is 9.10. The summed E-state index contributed by atoms with van der Waals surface area (Å²) >= 11 is 2.84. The quantitative estimate of drug-likeness (QED) is 0.792. The summed E-state index contributed by atoms with van der Waals surface area (Å²) in [4.78, 5) is 0. The predicted octanol–water partition coefficient (Wildman–Crippen LogP) is 1.82. The molecule has 5 heteroatoms. The third kappa shape index (κ3) is 1.79. The number of aromatic hydroxyl groups is 1. The highest BCUT2D eigenvalue weighted by Gasteiger charge is 2.14. The van der Waals surface area contributed by atoms with E-state index in [1.165, 1.54) is 6.07 Å². The lowest BCUT2D eigenvalue weighted by Gasteiger charge is -2.07. The second-order valence-electron chi connectivity index (χ2n) is 2.41. The van der Waals surface area contributed by atoms with Crippen molar-refractivity contribution in [2.24, 2.45) is 5.73 Å². The van der Waals surface area contributed by atoms with Gasteiger partial charge in [0.05, 0.1) is 10.5 Å². The SMILES string of the molecule is N#C[C@@H](N)c1ccc(F)c(Br)c1O. The van der Waals surface area contributed by atoms with Crippen LogP contribution in [0.4, 0.5) is 4.39 Å². The zero-order valence-corrected chi connectivity index (χ0v) is 8.05. The average molecular weight is 245 g/mol. The van der Waals surface area contributed by atoms with Crippen molar-refractivity contribution in [2.75, 3.05) is 0 Å². The standard InChI is InChI=1S/C8H6BrFN2O/c9-7-5(10)2-1-4(8(7)13)6(12)3-11/h1-2,6,13H,12H2/t6-/m1/s1. The van der Waals surface area contributed by atoms with E-state index in [1.807, 2.05) is 0 Å². The van der Waals surface area contributed by atoms with Crippen molar-refractivity contribution in [1.29, 1.82) is 5.26 Å². The molecule has 0 saturated heterocycles. The molecule has 0 aromatic heterocycles. The highest BCUT2D eigenvalue weighted by Crippen LogP contribution is 2.32. The Labute approximate surface area is 82.7 Å². The topological polar surface area (TPSA) is 70.0 Å². The number of nitriles is 1. The van der Waals surface area contributed by atoms with Gasteiger partial charge in [-0.15, -0.1) is 0 Å². The van der Waals surface area contributed by atoms with Crippen molar-refractivity contribution >= 4 is 15.9 Å². The van der Waals surface area contributed by atoms with E-state index in [1.54, 1.807) is 6.07 Å². The van der Waals surface area contributed by atoms with Gasteiger partial charge in [-0.05, 0) is 28.1 Å². The molecule has 0 aliphatic rings. The first kappa shape index (κ1) is 9.96. The first-order valence-corrected chi connectivity index (χ1v) is 4.19. The summed E-state index contributed by atoms with van der Waals surface area (Å²) in [5.41, 5.74) is 5.55. The van der Waals surface area contributed by atoms with Crippen LogP contribution in [0.2, 0.25) is 0 Å². The van der Waals surface area contributed by atoms with E-state index in [0.717, 1.165) is 6.07 Å². The van der Waals surface area contributed by atoms with Gasteiger partial charge in [0.15, 0.2) is 0 Å². The van der Waals surface area contributed by atoms with E-state index in [2.05, 4.69) is 15.9 Å². The molecule has 3 N–H and O–H groups in total. The van der Waals surface area contributed by atoms with Gasteiger partial charge >= 0.3 is 0 Å². The van der Waals surface area contributed by atoms with Crippen molar-refractivity contribution in [1.82, 2.24) is 0 Å². The number of rotatable bonds is 1. The van der Waals surface area contributed by atoms with Crippen LogP contribution >= 0.6 is 15.9 Å². The van der Waals surface area contributed by atoms with Crippen molar-refractivity contribution in [3.05, 3.63) is 28.0 Å². The lowest BCUT2D eigenvalue weighted by Crippen LogP contribution is -2.07. The highest BCUT2D eigenvalue weighted by atomic mass is 79.9. The van der Waals surface area contributed by atoms with Crippen LogP contribution in [0.15, 0.2) is 16.6 Å². The maximum absolute atomic E-state index is 12.8. The number of halogens is 2. The van der Waals surface area contributed by atoms with Gasteiger partial charge in [0.1, 0.15) is 17.6 Å². The van der Waals surface area contributed by atoms with Gasteiger partial charge in [-0.2, -0.15) is 5.26 Å². The van der Waals surface area contributed by atoms with Gasteiger partial charge in [-0.25, -0.2) is 4.39 Å². The predicted molar refractivity (Wildman–Crippen MR) is 48.3 cm³/mol. The summed E-state index contributed by atoms with van der Waals surface area (Å²) < 4.78 is 12.7. The van der Waals surface area contributed by atoms with Crippen LogP contribution in [-0.4, -0.2) is 5.11 Å². The fourth-order valence-electron chi connectivity index (χ4n) is 0.875. The molecule has 0 radical (unpaired) electrons. The molecule has 1 rings (SSSR count). The minimum absolute atomic E-state index is 0.0734. The number of benzene rings is 1. The zero-order chi connectivity index (χ0) is 10.0. The summed E-state index contributed by atoms with van der Waals surface area (Å²) in [6.45, 7) is 0. The summed E-state index contributed by atoms with van der Waals surface area (Å²) in [6.07, 6.45) is 0. The molecule has 0 amide bonds. The molecule has 0 aliphatic heterocycles. The van der Waals surface area contributed by atoms with Gasteiger partial charge in [-0.1, -0.05) is 0 Å². The molecule has 0 heterocycles. The van der Waals surface area contributed by atoms with Crippen molar-refractivity contribution in [3.8, 4) is 11.8 Å². The molecule has 1 atom stereocenters. The molecule has 0 fully saturated rings. The second-order valence-corrected chi connectivity index (χ2v) is 3.20. The van der Waals surface area contributed by atoms with Crippen molar-refractivity contribution in [2.45, 2.75) is 6.04 Å². The van der Waals surface area contributed by atoms with E-state index in [-0.39, 0.29) is 15.8 Å². The molecule has 0 unspecified atom stereocenters. The fraction of sp³-hybridized carbons (Fsp3) is 0.125. The fourth-order valence-corrected chi connectivity index (χ4v) is 1.24. The van der Waals surface area contributed by atoms with Crippen LogP contribution in [-0.2, 0) is 0 Å². The Kier molecular flexibility index (Phi) is 2.86. The van der Waals surface area contributed by atoms with Gasteiger partial charge < -0.3 is 10.8 Å². The molecule has 0 saturated carbocycles. The van der Waals surface area contributed by atoms with Crippen molar-refractivity contribution in [3.63, 3.8) is 0 Å². The van der Waals surface area contributed by atoms with Crippen LogP contribution in [0.5, 0.6) is 5.75 Å². The maximum atomic E-state index is 12.8. The van der Waals surface area contributed by atoms with Crippen LogP contribution in [0.3, 0.4) is 0 Å². The first-order valence-electron chi connectivity index (χ1n) is 3.40. The largest absolute Gasteiger partial charge is 0.506 e. The Morgan fingerprint density at radius 2 is 2.23 bits per heavy atom. The number of phenolic OH excluding ortho intramolecular Hbond substituents is 1. The summed E-state index contributed by atoms with van der Waals surface area (Å²) in [6, 6.07) is 3.21. The molecule has 1 aromatic rings. The van der Waals surface area contributed by atoms with E-state index in [0.29, 0.717) is 0 Å². The molecule has 1 aromatic carbocycles. The minimum atomic E-state index is -0.947. The normalized spacial score (nSPS) is 12.2. The maximum Gasteiger partial charge on any atom is 0.141 e. The third-order valence-corrected chi connectivity index (χ3v) is 2.33. The van der Waals surface area contributed by atoms with Gasteiger partial charge in [0.2, 0.25) is 0 Å². The van der Waals surface area contributed by atoms with E-state index in [4.69, 9.17) is 11.0 Å². The number of phenols is 1. The molecule has 0 spiro atoms. The Balaban J connectivity index is 3.28. The van der Waals surface area contributed by atoms with E-state index < -0.39 is 11.9 Å². The minimum Gasteiger partial charge on any atom is -0.506 e. The Hall–Kier alpha value is -1.12. The second kappa shape index (κ2) is 3.73. The number of nitrogens with two attached hydrogens (primary N) is 1. The summed E-state index contributed by atoms with van der Waals surface area (Å²) in [7, 11) is 0. The molecule has 68 valence electrons. The Bertz CT molecular complexity index is 375. The van der Waals surface area contributed by atoms with Crippen LogP contribution in [0.25, 0.3) is 0 Å². The Morgan fingerprint density at radius 3 is 2.77 bits per heavy atom. The first-order chi connectivity index (χ1) is 6.07. The van der Waals surface area contributed by atoms with Crippen LogP contribution in [0, 0.1) is 17.1 Å². The third-order valence-electron chi connectivity index (χ3n) is 1.57. The Morgan fingerprint density at radius 1 is 1.62 bits per heavy atom. The van der Waals surface area contributed by atoms with Crippen LogP contribution < -0.4 is 5.73 Å². The molecule has 0 aliphatic carbocycles. The summed E-state index contributed by atoms with van der Waals surface area (Å²) in [5, 5.41) is 17.8. The van der Waals surface area contributed by atoms with Gasteiger partial charge in [-0.3, -0.25) is 0 Å². The molecular formula is C8H6BrFN2O. The average Bonchev–Trinajstić information content (AvgIpc) is 2.13. The lowest BCUT2D eigenvalue weighted by molar-refractivity contribution is 0.455. The zero-order valence-electron chi connectivity index (χ0n) is 6.46. The lowest BCUT2D eigenvalue weighted by atomic mass is 10.1. The number of hydrogen-bond acceptors (Lipinski definition) is 3. The molecular weight excluding hydrogens is 239 g/mol. The van der Waals surface area contributed by atoms with Crippen LogP contribution in [0.1, 0.15) is 11.6 Å². The monoisotopic (exact) mass is 244 g/mol. The number of hydrogen-bond donors (Lipinski definition) is 2. The van der Waals surface area contributed by atoms with E-state index in [9.17, 15) is 9.50 Å². The van der Waals surface area contributed by atoms with E-state index >= 15 is 0 Å². The summed E-state index contributed by atoms with van der Waals surface area (Å²) in [5.74, 6) is -0.916. The van der Waals surface area contributed by atoms with Gasteiger partial charge in [0, 0.05) is 5.56 Å².